The van der Waals surface area contributed by atoms with Crippen LogP contribution in [0, 0.1) is 6.92 Å². The summed E-state index contributed by atoms with van der Waals surface area (Å²) < 4.78 is 3.76. The summed E-state index contributed by atoms with van der Waals surface area (Å²) in [5.41, 5.74) is 1.91. The molecule has 2 rings (SSSR count). The van der Waals surface area contributed by atoms with Crippen LogP contribution in [0.3, 0.4) is 0 Å². The lowest BCUT2D eigenvalue weighted by Crippen LogP contribution is -2.01. The van der Waals surface area contributed by atoms with Gasteiger partial charge in [0, 0.05) is 26.0 Å². The minimum absolute atomic E-state index is 0.740. The van der Waals surface area contributed by atoms with Crippen LogP contribution < -0.4 is 5.32 Å². The van der Waals surface area contributed by atoms with Gasteiger partial charge in [0.05, 0.1) is 17.6 Å². The number of aryl methyl sites for hydroxylation is 2. The molecule has 2 heterocycles. The van der Waals surface area contributed by atoms with Crippen molar-refractivity contribution in [1.82, 2.24) is 19.3 Å². The van der Waals surface area contributed by atoms with Crippen LogP contribution in [0.25, 0.3) is 0 Å². The van der Waals surface area contributed by atoms with E-state index in [0.29, 0.717) is 0 Å². The molecule has 0 unspecified atom stereocenters. The molecule has 0 aromatic carbocycles. The van der Waals surface area contributed by atoms with Gasteiger partial charge in [-0.15, -0.1) is 6.58 Å². The van der Waals surface area contributed by atoms with E-state index in [2.05, 4.69) is 22.0 Å². The number of allylic oxidation sites excluding steroid dienone is 1. The van der Waals surface area contributed by atoms with Crippen molar-refractivity contribution in [3.05, 3.63) is 36.9 Å². The first-order valence-electron chi connectivity index (χ1n) is 5.09. The first-order chi connectivity index (χ1) is 7.69. The third-order valence-corrected chi connectivity index (χ3v) is 2.18. The fraction of sp³-hybridized carbons (Fsp3) is 0.273. The highest BCUT2D eigenvalue weighted by Gasteiger charge is 2.05. The van der Waals surface area contributed by atoms with Gasteiger partial charge in [0.15, 0.2) is 0 Å². The van der Waals surface area contributed by atoms with Crippen molar-refractivity contribution in [1.29, 1.82) is 0 Å². The van der Waals surface area contributed by atoms with Crippen molar-refractivity contribution in [2.24, 2.45) is 7.05 Å². The molecule has 1 N–H and O–H groups in total. The Labute approximate surface area is 94.4 Å². The number of imidazole rings is 1. The van der Waals surface area contributed by atoms with Gasteiger partial charge in [0.1, 0.15) is 0 Å². The van der Waals surface area contributed by atoms with Crippen LogP contribution in [0.4, 0.5) is 11.6 Å². The van der Waals surface area contributed by atoms with E-state index in [9.17, 15) is 0 Å². The average Bonchev–Trinajstić information content (AvgIpc) is 2.76. The Morgan fingerprint density at radius 1 is 1.50 bits per heavy atom. The summed E-state index contributed by atoms with van der Waals surface area (Å²) in [4.78, 5) is 4.40. The minimum Gasteiger partial charge on any atom is -0.323 e. The van der Waals surface area contributed by atoms with Crippen molar-refractivity contribution in [2.75, 3.05) is 5.32 Å². The van der Waals surface area contributed by atoms with E-state index < -0.39 is 0 Å². The second-order valence-electron chi connectivity index (χ2n) is 3.67. The zero-order chi connectivity index (χ0) is 11.5. The summed E-state index contributed by atoms with van der Waals surface area (Å²) in [7, 11) is 1.88. The quantitative estimate of drug-likeness (QED) is 0.795. The Hall–Kier alpha value is -2.04. The monoisotopic (exact) mass is 217 g/mol. The van der Waals surface area contributed by atoms with Crippen molar-refractivity contribution in [3.8, 4) is 0 Å². The minimum atomic E-state index is 0.740. The van der Waals surface area contributed by atoms with Gasteiger partial charge in [-0.2, -0.15) is 5.10 Å². The van der Waals surface area contributed by atoms with Crippen LogP contribution in [-0.2, 0) is 13.6 Å². The zero-order valence-electron chi connectivity index (χ0n) is 9.51. The fourth-order valence-corrected chi connectivity index (χ4v) is 1.54. The summed E-state index contributed by atoms with van der Waals surface area (Å²) in [6, 6.07) is 0. The van der Waals surface area contributed by atoms with Gasteiger partial charge < -0.3 is 9.88 Å². The van der Waals surface area contributed by atoms with Crippen molar-refractivity contribution in [2.45, 2.75) is 13.5 Å². The molecule has 2 aromatic heterocycles. The van der Waals surface area contributed by atoms with E-state index in [0.717, 1.165) is 23.9 Å². The molecular weight excluding hydrogens is 202 g/mol. The molecule has 16 heavy (non-hydrogen) atoms. The first kappa shape index (κ1) is 10.5. The highest BCUT2D eigenvalue weighted by Crippen LogP contribution is 2.15. The maximum absolute atomic E-state index is 4.40. The maximum Gasteiger partial charge on any atom is 0.207 e. The highest BCUT2D eigenvalue weighted by atomic mass is 15.3. The molecule has 0 saturated heterocycles. The van der Waals surface area contributed by atoms with E-state index >= 15 is 0 Å². The molecule has 0 aliphatic heterocycles. The van der Waals surface area contributed by atoms with Gasteiger partial charge in [-0.25, -0.2) is 4.98 Å². The average molecular weight is 217 g/mol. The molecule has 0 saturated carbocycles. The van der Waals surface area contributed by atoms with Gasteiger partial charge in [-0.3, -0.25) is 4.68 Å². The van der Waals surface area contributed by atoms with Crippen molar-refractivity contribution < 1.29 is 0 Å². The van der Waals surface area contributed by atoms with Crippen LogP contribution in [-0.4, -0.2) is 19.3 Å². The Morgan fingerprint density at radius 3 is 2.94 bits per heavy atom. The summed E-state index contributed by atoms with van der Waals surface area (Å²) in [5.74, 6) is 0.811. The van der Waals surface area contributed by atoms with Crippen molar-refractivity contribution >= 4 is 11.6 Å². The largest absolute Gasteiger partial charge is 0.323 e. The third-order valence-electron chi connectivity index (χ3n) is 2.18. The molecule has 84 valence electrons. The Balaban J connectivity index is 2.23. The number of anilines is 2. The molecule has 0 aliphatic rings. The molecule has 0 amide bonds. The molecule has 0 fully saturated rings. The Morgan fingerprint density at radius 2 is 2.31 bits per heavy atom. The maximum atomic E-state index is 4.40. The summed E-state index contributed by atoms with van der Waals surface area (Å²) in [5, 5.41) is 7.31. The van der Waals surface area contributed by atoms with Crippen LogP contribution >= 0.6 is 0 Å². The van der Waals surface area contributed by atoms with Gasteiger partial charge in [0.2, 0.25) is 5.95 Å². The highest BCUT2D eigenvalue weighted by molar-refractivity contribution is 5.51. The van der Waals surface area contributed by atoms with Gasteiger partial charge in [0.25, 0.3) is 0 Å². The van der Waals surface area contributed by atoms with Crippen LogP contribution in [0.2, 0.25) is 0 Å². The molecular formula is C11H15N5. The number of nitrogens with zero attached hydrogens (tertiary/aromatic N) is 4. The van der Waals surface area contributed by atoms with E-state index in [4.69, 9.17) is 0 Å². The van der Waals surface area contributed by atoms with E-state index in [-0.39, 0.29) is 0 Å². The zero-order valence-corrected chi connectivity index (χ0v) is 9.51. The first-order valence-corrected chi connectivity index (χ1v) is 5.09. The van der Waals surface area contributed by atoms with Crippen molar-refractivity contribution in [3.63, 3.8) is 0 Å². The lowest BCUT2D eigenvalue weighted by atomic mass is 10.5. The molecule has 2 aromatic rings. The molecule has 0 bridgehead atoms. The Bertz CT molecular complexity index is 494. The normalized spacial score (nSPS) is 10.4. The lowest BCUT2D eigenvalue weighted by Gasteiger charge is -2.05. The SMILES string of the molecule is C=CCn1cc(C)nc1Nc1cnn(C)c1. The number of aromatic nitrogens is 4. The van der Waals surface area contributed by atoms with Gasteiger partial charge in [-0.05, 0) is 6.92 Å². The summed E-state index contributed by atoms with van der Waals surface area (Å²) in [6.45, 7) is 6.43. The molecule has 0 atom stereocenters. The lowest BCUT2D eigenvalue weighted by molar-refractivity contribution is 0.768. The van der Waals surface area contributed by atoms with E-state index in [1.165, 1.54) is 0 Å². The molecule has 5 nitrogen and oxygen atoms in total. The van der Waals surface area contributed by atoms with E-state index in [1.807, 2.05) is 37.0 Å². The van der Waals surface area contributed by atoms with Crippen LogP contribution in [0.1, 0.15) is 5.69 Å². The fourth-order valence-electron chi connectivity index (χ4n) is 1.54. The topological polar surface area (TPSA) is 47.7 Å². The Kier molecular flexibility index (Phi) is 2.76. The number of hydrogen-bond acceptors (Lipinski definition) is 3. The standard InChI is InChI=1S/C11H15N5/c1-4-5-16-7-9(2)13-11(16)14-10-6-12-15(3)8-10/h4,6-8H,1,5H2,2-3H3,(H,13,14). The predicted octanol–water partition coefficient (Wildman–Crippen LogP) is 1.85. The predicted molar refractivity (Wildman–Crippen MR) is 63.7 cm³/mol. The number of rotatable bonds is 4. The smallest absolute Gasteiger partial charge is 0.207 e. The number of nitrogens with one attached hydrogen (secondary N) is 1. The molecule has 0 radical (unpaired) electrons. The second-order valence-corrected chi connectivity index (χ2v) is 3.67. The molecule has 0 spiro atoms. The van der Waals surface area contributed by atoms with Crippen LogP contribution in [0.5, 0.6) is 0 Å². The second kappa shape index (κ2) is 4.22. The van der Waals surface area contributed by atoms with E-state index in [1.54, 1.807) is 10.9 Å². The third kappa shape index (κ3) is 2.13. The van der Waals surface area contributed by atoms with Gasteiger partial charge >= 0.3 is 0 Å². The van der Waals surface area contributed by atoms with Gasteiger partial charge in [-0.1, -0.05) is 6.08 Å². The molecule has 0 aliphatic carbocycles. The summed E-state index contributed by atoms with van der Waals surface area (Å²) >= 11 is 0. The van der Waals surface area contributed by atoms with Crippen LogP contribution in [0.15, 0.2) is 31.2 Å². The molecule has 5 heteroatoms. The summed E-state index contributed by atoms with van der Waals surface area (Å²) in [6.07, 6.45) is 7.50. The number of hydrogen-bond donors (Lipinski definition) is 1.